The Morgan fingerprint density at radius 3 is 2.50 bits per heavy atom. The minimum absolute atomic E-state index is 0.240. The minimum Gasteiger partial charge on any atom is -0.329 e. The third-order valence-corrected chi connectivity index (χ3v) is 5.32. The summed E-state index contributed by atoms with van der Waals surface area (Å²) >= 11 is 9.85. The Hall–Kier alpha value is -0.0900. The Kier molecular flexibility index (Phi) is 5.91. The van der Waals surface area contributed by atoms with Gasteiger partial charge in [-0.05, 0) is 55.5 Å². The molecule has 1 aromatic carbocycles. The van der Waals surface area contributed by atoms with Crippen molar-refractivity contribution in [3.05, 3.63) is 33.3 Å². The molecule has 0 amide bonds. The molecule has 4 heteroatoms. The fraction of sp³-hybridized carbons (Fsp3) is 0.625. The highest BCUT2D eigenvalue weighted by atomic mass is 79.9. The van der Waals surface area contributed by atoms with Crippen molar-refractivity contribution in [2.45, 2.75) is 32.7 Å². The number of nitrogens with zero attached hydrogens (tertiary/aromatic N) is 1. The van der Waals surface area contributed by atoms with Crippen LogP contribution in [-0.4, -0.2) is 24.5 Å². The molecular weight excluding hydrogens is 336 g/mol. The maximum atomic E-state index is 6.39. The number of benzene rings is 1. The Balaban J connectivity index is 2.09. The van der Waals surface area contributed by atoms with Crippen LogP contribution in [0.4, 0.5) is 0 Å². The van der Waals surface area contributed by atoms with E-state index in [1.165, 1.54) is 12.8 Å². The predicted molar refractivity (Wildman–Crippen MR) is 90.1 cm³/mol. The van der Waals surface area contributed by atoms with Crippen LogP contribution in [0.2, 0.25) is 5.02 Å². The Bertz CT molecular complexity index is 442. The van der Waals surface area contributed by atoms with Gasteiger partial charge >= 0.3 is 0 Å². The fourth-order valence-electron chi connectivity index (χ4n) is 3.14. The van der Waals surface area contributed by atoms with Gasteiger partial charge in [0.25, 0.3) is 0 Å². The van der Waals surface area contributed by atoms with Crippen LogP contribution in [0.3, 0.4) is 0 Å². The molecule has 0 radical (unpaired) electrons. The fourth-order valence-corrected chi connectivity index (χ4v) is 3.94. The first-order valence-electron chi connectivity index (χ1n) is 7.42. The highest BCUT2D eigenvalue weighted by molar-refractivity contribution is 9.10. The standard InChI is InChI=1S/C16H24BrClN2/c1-11(2)12-5-7-20(8-6-12)16(10-19)14-4-3-13(17)9-15(14)18/h3-4,9,11-12,16H,5-8,10,19H2,1-2H3. The lowest BCUT2D eigenvalue weighted by atomic mass is 9.86. The molecule has 0 bridgehead atoms. The van der Waals surface area contributed by atoms with E-state index in [2.05, 4.69) is 40.7 Å². The van der Waals surface area contributed by atoms with Crippen LogP contribution in [0.1, 0.15) is 38.3 Å². The number of piperidine rings is 1. The smallest absolute Gasteiger partial charge is 0.0485 e. The summed E-state index contributed by atoms with van der Waals surface area (Å²) in [5.74, 6) is 1.63. The largest absolute Gasteiger partial charge is 0.329 e. The molecule has 1 heterocycles. The van der Waals surface area contributed by atoms with Crippen molar-refractivity contribution >= 4 is 27.5 Å². The summed E-state index contributed by atoms with van der Waals surface area (Å²) in [7, 11) is 0. The third-order valence-electron chi connectivity index (χ3n) is 4.50. The number of halogens is 2. The molecule has 1 saturated heterocycles. The number of hydrogen-bond acceptors (Lipinski definition) is 2. The molecule has 1 fully saturated rings. The van der Waals surface area contributed by atoms with Crippen LogP contribution < -0.4 is 5.73 Å². The summed E-state index contributed by atoms with van der Waals surface area (Å²) < 4.78 is 1.01. The van der Waals surface area contributed by atoms with Gasteiger partial charge in [-0.2, -0.15) is 0 Å². The summed E-state index contributed by atoms with van der Waals surface area (Å²) in [4.78, 5) is 2.49. The summed E-state index contributed by atoms with van der Waals surface area (Å²) in [5.41, 5.74) is 7.18. The summed E-state index contributed by atoms with van der Waals surface area (Å²) in [6.45, 7) is 7.51. The Morgan fingerprint density at radius 1 is 1.35 bits per heavy atom. The highest BCUT2D eigenvalue weighted by Gasteiger charge is 2.27. The van der Waals surface area contributed by atoms with Crippen molar-refractivity contribution in [2.24, 2.45) is 17.6 Å². The number of rotatable bonds is 4. The van der Waals surface area contributed by atoms with E-state index in [1.807, 2.05) is 12.1 Å². The Labute approximate surface area is 135 Å². The van der Waals surface area contributed by atoms with E-state index in [1.54, 1.807) is 0 Å². The van der Waals surface area contributed by atoms with E-state index in [4.69, 9.17) is 17.3 Å². The van der Waals surface area contributed by atoms with Gasteiger partial charge in [0.2, 0.25) is 0 Å². The zero-order chi connectivity index (χ0) is 14.7. The van der Waals surface area contributed by atoms with Crippen molar-refractivity contribution < 1.29 is 0 Å². The van der Waals surface area contributed by atoms with E-state index in [0.29, 0.717) is 6.54 Å². The zero-order valence-electron chi connectivity index (χ0n) is 12.3. The third kappa shape index (κ3) is 3.76. The van der Waals surface area contributed by atoms with Gasteiger partial charge in [0.1, 0.15) is 0 Å². The molecule has 0 saturated carbocycles. The van der Waals surface area contributed by atoms with E-state index < -0.39 is 0 Å². The molecule has 20 heavy (non-hydrogen) atoms. The molecule has 0 aliphatic carbocycles. The van der Waals surface area contributed by atoms with Crippen LogP contribution in [0.25, 0.3) is 0 Å². The lowest BCUT2D eigenvalue weighted by molar-refractivity contribution is 0.117. The van der Waals surface area contributed by atoms with Gasteiger partial charge in [0.15, 0.2) is 0 Å². The Morgan fingerprint density at radius 2 is 2.00 bits per heavy atom. The highest BCUT2D eigenvalue weighted by Crippen LogP contribution is 2.33. The first-order valence-corrected chi connectivity index (χ1v) is 8.59. The van der Waals surface area contributed by atoms with Gasteiger partial charge in [-0.3, -0.25) is 4.90 Å². The zero-order valence-corrected chi connectivity index (χ0v) is 14.6. The molecule has 2 N–H and O–H groups in total. The summed E-state index contributed by atoms with van der Waals surface area (Å²) in [6.07, 6.45) is 2.53. The van der Waals surface area contributed by atoms with E-state index >= 15 is 0 Å². The molecule has 1 aromatic rings. The summed E-state index contributed by atoms with van der Waals surface area (Å²) in [6, 6.07) is 6.34. The predicted octanol–water partition coefficient (Wildman–Crippen LogP) is 4.47. The van der Waals surface area contributed by atoms with Gasteiger partial charge in [-0.15, -0.1) is 0 Å². The van der Waals surface area contributed by atoms with Gasteiger partial charge < -0.3 is 5.73 Å². The minimum atomic E-state index is 0.240. The van der Waals surface area contributed by atoms with Gasteiger partial charge in [-0.1, -0.05) is 47.4 Å². The average molecular weight is 360 g/mol. The molecule has 2 nitrogen and oxygen atoms in total. The number of hydrogen-bond donors (Lipinski definition) is 1. The molecule has 0 spiro atoms. The lowest BCUT2D eigenvalue weighted by Gasteiger charge is -2.38. The molecular formula is C16H24BrClN2. The van der Waals surface area contributed by atoms with Crippen molar-refractivity contribution in [3.63, 3.8) is 0 Å². The van der Waals surface area contributed by atoms with Crippen molar-refractivity contribution in [2.75, 3.05) is 19.6 Å². The van der Waals surface area contributed by atoms with Crippen LogP contribution in [0.5, 0.6) is 0 Å². The average Bonchev–Trinajstić information content (AvgIpc) is 2.42. The number of likely N-dealkylation sites (tertiary alicyclic amines) is 1. The maximum Gasteiger partial charge on any atom is 0.0485 e. The van der Waals surface area contributed by atoms with Crippen LogP contribution >= 0.6 is 27.5 Å². The first kappa shape index (κ1) is 16.3. The molecule has 1 atom stereocenters. The molecule has 2 rings (SSSR count). The van der Waals surface area contributed by atoms with Gasteiger partial charge in [-0.25, -0.2) is 0 Å². The molecule has 112 valence electrons. The van der Waals surface area contributed by atoms with E-state index in [9.17, 15) is 0 Å². The maximum absolute atomic E-state index is 6.39. The topological polar surface area (TPSA) is 29.3 Å². The first-order chi connectivity index (χ1) is 9.52. The van der Waals surface area contributed by atoms with Crippen molar-refractivity contribution in [3.8, 4) is 0 Å². The summed E-state index contributed by atoms with van der Waals surface area (Å²) in [5, 5.41) is 0.806. The monoisotopic (exact) mass is 358 g/mol. The van der Waals surface area contributed by atoms with Crippen molar-refractivity contribution in [1.82, 2.24) is 4.90 Å². The second-order valence-corrected chi connectivity index (χ2v) is 7.36. The van der Waals surface area contributed by atoms with Gasteiger partial charge in [0, 0.05) is 22.1 Å². The SMILES string of the molecule is CC(C)C1CCN(C(CN)c2ccc(Br)cc2Cl)CC1. The number of nitrogens with two attached hydrogens (primary N) is 1. The second kappa shape index (κ2) is 7.26. The van der Waals surface area contributed by atoms with Gasteiger partial charge in [0.05, 0.1) is 0 Å². The molecule has 1 aliphatic heterocycles. The van der Waals surface area contributed by atoms with Crippen LogP contribution in [-0.2, 0) is 0 Å². The van der Waals surface area contributed by atoms with Crippen molar-refractivity contribution in [1.29, 1.82) is 0 Å². The van der Waals surface area contributed by atoms with E-state index in [-0.39, 0.29) is 6.04 Å². The second-order valence-electron chi connectivity index (χ2n) is 6.03. The lowest BCUT2D eigenvalue weighted by Crippen LogP contribution is -2.40. The van der Waals surface area contributed by atoms with Crippen LogP contribution in [0.15, 0.2) is 22.7 Å². The van der Waals surface area contributed by atoms with E-state index in [0.717, 1.165) is 40.0 Å². The quantitative estimate of drug-likeness (QED) is 0.859. The molecule has 1 unspecified atom stereocenters. The molecule has 1 aliphatic rings. The molecule has 0 aromatic heterocycles. The normalized spacial score (nSPS) is 19.5. The van der Waals surface area contributed by atoms with Crippen LogP contribution in [0, 0.1) is 11.8 Å².